The van der Waals surface area contributed by atoms with Gasteiger partial charge in [0.05, 0.1) is 11.7 Å². The molecule has 7 nitrogen and oxygen atoms in total. The molecule has 0 unspecified atom stereocenters. The molecule has 0 bridgehead atoms. The molecule has 0 fully saturated rings. The van der Waals surface area contributed by atoms with Gasteiger partial charge in [-0.15, -0.1) is 0 Å². The molecule has 0 aliphatic rings. The summed E-state index contributed by atoms with van der Waals surface area (Å²) in [5.41, 5.74) is 2.53. The topological polar surface area (TPSA) is 95.4 Å². The number of urea groups is 1. The van der Waals surface area contributed by atoms with Gasteiger partial charge in [0, 0.05) is 19.3 Å². The van der Waals surface area contributed by atoms with Crippen LogP contribution in [0, 0.1) is 0 Å². The zero-order chi connectivity index (χ0) is 16.1. The number of hydrogen-bond donors (Lipinski definition) is 2. The molecule has 1 atom stereocenters. The molecule has 1 heterocycles. The molecule has 118 valence electrons. The van der Waals surface area contributed by atoms with E-state index < -0.39 is 18.0 Å². The van der Waals surface area contributed by atoms with Gasteiger partial charge in [-0.25, -0.2) is 9.59 Å². The van der Waals surface area contributed by atoms with Crippen molar-refractivity contribution in [1.29, 1.82) is 0 Å². The number of hydrogen-bond acceptors (Lipinski definition) is 6. The van der Waals surface area contributed by atoms with Crippen LogP contribution < -0.4 is 5.32 Å². The highest BCUT2D eigenvalue weighted by Crippen LogP contribution is 2.14. The maximum atomic E-state index is 12.1. The van der Waals surface area contributed by atoms with Crippen LogP contribution in [0.2, 0.25) is 0 Å². The number of nitrogens with one attached hydrogen (secondary N) is 1. The number of aliphatic carboxylic acids is 1. The van der Waals surface area contributed by atoms with Crippen molar-refractivity contribution in [2.24, 2.45) is 0 Å². The van der Waals surface area contributed by atoms with Gasteiger partial charge in [0.2, 0.25) is 0 Å². The standard InChI is InChI=1S/C13H16N4O3S2/c1-17(13(20)14-11(7-21-2)12(18)19)6-8-3-4-9-10(5-8)16-22-15-9/h3-5,11H,6-7H2,1-2H3,(H,14,20)(H,18,19)/t11-/m0/s1. The highest BCUT2D eigenvalue weighted by Gasteiger charge is 2.21. The van der Waals surface area contributed by atoms with E-state index >= 15 is 0 Å². The molecule has 0 saturated heterocycles. The minimum atomic E-state index is -1.04. The predicted molar refractivity (Wildman–Crippen MR) is 87.2 cm³/mol. The monoisotopic (exact) mass is 340 g/mol. The first-order chi connectivity index (χ1) is 10.5. The van der Waals surface area contributed by atoms with Gasteiger partial charge in [-0.1, -0.05) is 6.07 Å². The molecule has 2 rings (SSSR count). The summed E-state index contributed by atoms with van der Waals surface area (Å²) in [5, 5.41) is 11.6. The number of aromatic nitrogens is 2. The first-order valence-electron chi connectivity index (χ1n) is 6.46. The fourth-order valence-corrected chi connectivity index (χ4v) is 2.95. The highest BCUT2D eigenvalue weighted by molar-refractivity contribution is 7.98. The first kappa shape index (κ1) is 16.5. The van der Waals surface area contributed by atoms with Gasteiger partial charge in [-0.2, -0.15) is 20.5 Å². The van der Waals surface area contributed by atoms with Crippen molar-refractivity contribution in [2.45, 2.75) is 12.6 Å². The summed E-state index contributed by atoms with van der Waals surface area (Å²) in [6, 6.07) is 4.30. The Kier molecular flexibility index (Phi) is 5.56. The first-order valence-corrected chi connectivity index (χ1v) is 8.58. The SMILES string of the molecule is CSC[C@H](NC(=O)N(C)Cc1ccc2nsnc2c1)C(=O)O. The van der Waals surface area contributed by atoms with E-state index in [1.54, 1.807) is 13.3 Å². The van der Waals surface area contributed by atoms with Crippen LogP contribution in [0.15, 0.2) is 18.2 Å². The van der Waals surface area contributed by atoms with Gasteiger partial charge in [0.25, 0.3) is 0 Å². The third-order valence-corrected chi connectivity index (χ3v) is 4.24. The van der Waals surface area contributed by atoms with Crippen LogP contribution in [0.5, 0.6) is 0 Å². The number of carboxylic acid groups (broad SMARTS) is 1. The Morgan fingerprint density at radius 1 is 1.41 bits per heavy atom. The van der Waals surface area contributed by atoms with Crippen molar-refractivity contribution in [3.05, 3.63) is 23.8 Å². The molecular formula is C13H16N4O3S2. The lowest BCUT2D eigenvalue weighted by Crippen LogP contribution is -2.47. The van der Waals surface area contributed by atoms with E-state index in [0.29, 0.717) is 12.3 Å². The van der Waals surface area contributed by atoms with Gasteiger partial charge in [0.1, 0.15) is 17.1 Å². The lowest BCUT2D eigenvalue weighted by molar-refractivity contribution is -0.138. The predicted octanol–water partition coefficient (Wildman–Crippen LogP) is 1.65. The Balaban J connectivity index is 1.99. The fourth-order valence-electron chi connectivity index (χ4n) is 1.87. The number of carbonyl (C=O) groups is 2. The van der Waals surface area contributed by atoms with Gasteiger partial charge in [-0.3, -0.25) is 0 Å². The molecule has 2 aromatic rings. The molecule has 0 spiro atoms. The molecule has 0 radical (unpaired) electrons. The molecule has 0 aliphatic heterocycles. The highest BCUT2D eigenvalue weighted by atomic mass is 32.2. The summed E-state index contributed by atoms with van der Waals surface area (Å²) in [7, 11) is 1.62. The quantitative estimate of drug-likeness (QED) is 0.830. The van der Waals surface area contributed by atoms with Crippen molar-refractivity contribution in [3.8, 4) is 0 Å². The fraction of sp³-hybridized carbons (Fsp3) is 0.385. The van der Waals surface area contributed by atoms with E-state index in [0.717, 1.165) is 28.3 Å². The minimum Gasteiger partial charge on any atom is -0.480 e. The van der Waals surface area contributed by atoms with Gasteiger partial charge in [-0.05, 0) is 24.0 Å². The van der Waals surface area contributed by atoms with E-state index in [1.165, 1.54) is 16.7 Å². The van der Waals surface area contributed by atoms with Crippen LogP contribution in [-0.4, -0.2) is 55.9 Å². The number of thioether (sulfide) groups is 1. The Morgan fingerprint density at radius 3 is 2.82 bits per heavy atom. The summed E-state index contributed by atoms with van der Waals surface area (Å²) >= 11 is 2.51. The smallest absolute Gasteiger partial charge is 0.327 e. The Morgan fingerprint density at radius 2 is 2.14 bits per heavy atom. The summed E-state index contributed by atoms with van der Waals surface area (Å²) < 4.78 is 8.28. The summed E-state index contributed by atoms with van der Waals surface area (Å²) in [4.78, 5) is 24.6. The molecule has 22 heavy (non-hydrogen) atoms. The normalized spacial score (nSPS) is 12.1. The zero-order valence-corrected chi connectivity index (χ0v) is 13.8. The van der Waals surface area contributed by atoms with Crippen LogP contribution in [0.4, 0.5) is 4.79 Å². The van der Waals surface area contributed by atoms with Crippen molar-refractivity contribution in [1.82, 2.24) is 19.0 Å². The minimum absolute atomic E-state index is 0.325. The number of carbonyl (C=O) groups excluding carboxylic acids is 1. The van der Waals surface area contributed by atoms with Crippen LogP contribution in [0.25, 0.3) is 11.0 Å². The van der Waals surface area contributed by atoms with Gasteiger partial charge >= 0.3 is 12.0 Å². The van der Waals surface area contributed by atoms with Crippen molar-refractivity contribution in [3.63, 3.8) is 0 Å². The van der Waals surface area contributed by atoms with Crippen LogP contribution in [0.1, 0.15) is 5.56 Å². The third-order valence-electron chi connectivity index (χ3n) is 3.01. The Hall–Kier alpha value is -1.87. The van der Waals surface area contributed by atoms with Crippen LogP contribution >= 0.6 is 23.5 Å². The molecule has 1 aromatic heterocycles. The van der Waals surface area contributed by atoms with Gasteiger partial charge < -0.3 is 15.3 Å². The number of nitrogens with zero attached hydrogens (tertiary/aromatic N) is 3. The van der Waals surface area contributed by atoms with Crippen LogP contribution in [-0.2, 0) is 11.3 Å². The van der Waals surface area contributed by atoms with E-state index in [-0.39, 0.29) is 0 Å². The van der Waals surface area contributed by atoms with E-state index in [9.17, 15) is 9.59 Å². The largest absolute Gasteiger partial charge is 0.480 e. The van der Waals surface area contributed by atoms with Gasteiger partial charge in [0.15, 0.2) is 0 Å². The van der Waals surface area contributed by atoms with Crippen molar-refractivity contribution in [2.75, 3.05) is 19.1 Å². The molecule has 1 aromatic carbocycles. The van der Waals surface area contributed by atoms with Crippen LogP contribution in [0.3, 0.4) is 0 Å². The maximum absolute atomic E-state index is 12.1. The second kappa shape index (κ2) is 7.41. The van der Waals surface area contributed by atoms with Crippen molar-refractivity contribution < 1.29 is 14.7 Å². The Labute approximate surface area is 136 Å². The molecule has 0 aliphatic carbocycles. The maximum Gasteiger partial charge on any atom is 0.327 e. The second-order valence-electron chi connectivity index (χ2n) is 4.74. The third kappa shape index (κ3) is 4.08. The van der Waals surface area contributed by atoms with Crippen molar-refractivity contribution >= 4 is 46.5 Å². The van der Waals surface area contributed by atoms with E-state index in [4.69, 9.17) is 5.11 Å². The number of amides is 2. The summed E-state index contributed by atoms with van der Waals surface area (Å²) in [5.74, 6) is -0.711. The molecule has 2 amide bonds. The summed E-state index contributed by atoms with van der Waals surface area (Å²) in [6.45, 7) is 0.366. The number of carboxylic acids is 1. The zero-order valence-electron chi connectivity index (χ0n) is 12.1. The lowest BCUT2D eigenvalue weighted by Gasteiger charge is -2.21. The molecular weight excluding hydrogens is 324 g/mol. The van der Waals surface area contributed by atoms with E-state index in [1.807, 2.05) is 18.2 Å². The lowest BCUT2D eigenvalue weighted by atomic mass is 10.2. The number of rotatable bonds is 6. The van der Waals surface area contributed by atoms with E-state index in [2.05, 4.69) is 14.1 Å². The Bertz CT molecular complexity index is 676. The molecule has 0 saturated carbocycles. The summed E-state index contributed by atoms with van der Waals surface area (Å²) in [6.07, 6.45) is 1.79. The second-order valence-corrected chi connectivity index (χ2v) is 6.18. The number of benzene rings is 1. The average Bonchev–Trinajstić information content (AvgIpc) is 2.94. The average molecular weight is 340 g/mol. The number of fused-ring (bicyclic) bond motifs is 1. The molecule has 2 N–H and O–H groups in total. The molecule has 9 heteroatoms.